The Kier molecular flexibility index (Phi) is 3.63. The molecule has 1 aliphatic heterocycles. The van der Waals surface area contributed by atoms with Gasteiger partial charge in [-0.3, -0.25) is 9.64 Å². The summed E-state index contributed by atoms with van der Waals surface area (Å²) in [5.41, 5.74) is -0.738. The van der Waals surface area contributed by atoms with Crippen molar-refractivity contribution in [2.45, 2.75) is 25.8 Å². The lowest BCUT2D eigenvalue weighted by atomic mass is 9.83. The third-order valence-electron chi connectivity index (χ3n) is 2.74. The first-order chi connectivity index (χ1) is 6.73. The second-order valence-electron chi connectivity index (χ2n) is 4.26. The van der Waals surface area contributed by atoms with E-state index in [2.05, 4.69) is 4.74 Å². The molecule has 0 spiro atoms. The Morgan fingerprint density at radius 2 is 1.93 bits per heavy atom. The molecule has 15 heavy (non-hydrogen) atoms. The Labute approximate surface area is 86.8 Å². The van der Waals surface area contributed by atoms with Gasteiger partial charge in [-0.05, 0) is 5.92 Å². The average Bonchev–Trinajstić information content (AvgIpc) is 1.97. The van der Waals surface area contributed by atoms with Crippen LogP contribution in [0.5, 0.6) is 0 Å². The summed E-state index contributed by atoms with van der Waals surface area (Å²) in [5.74, 6) is 0.122. The van der Waals surface area contributed by atoms with Crippen LogP contribution in [0.15, 0.2) is 0 Å². The number of halogens is 3. The van der Waals surface area contributed by atoms with E-state index in [4.69, 9.17) is 0 Å². The zero-order chi connectivity index (χ0) is 11.7. The molecule has 0 amide bonds. The molecule has 0 unspecified atom stereocenters. The van der Waals surface area contributed by atoms with Crippen LogP contribution in [0.2, 0.25) is 0 Å². The lowest BCUT2D eigenvalue weighted by Crippen LogP contribution is -2.64. The number of rotatable bonds is 4. The molecule has 1 aliphatic rings. The maximum atomic E-state index is 11.6. The minimum atomic E-state index is -4.56. The first kappa shape index (κ1) is 12.7. The molecule has 1 heterocycles. The summed E-state index contributed by atoms with van der Waals surface area (Å²) in [6.45, 7) is 4.46. The fourth-order valence-electron chi connectivity index (χ4n) is 1.54. The fraction of sp³-hybridized carbons (Fsp3) is 1.00. The molecule has 1 rings (SSSR count). The number of ether oxygens (including phenoxy) is 1. The highest BCUT2D eigenvalue weighted by Gasteiger charge is 2.43. The predicted octanol–water partition coefficient (Wildman–Crippen LogP) is 1.23. The first-order valence-electron chi connectivity index (χ1n) is 4.88. The van der Waals surface area contributed by atoms with Crippen LogP contribution in [-0.2, 0) is 4.74 Å². The minimum absolute atomic E-state index is 0.122. The highest BCUT2D eigenvalue weighted by molar-refractivity contribution is 4.97. The molecule has 90 valence electrons. The van der Waals surface area contributed by atoms with Gasteiger partial charge in [-0.1, -0.05) is 13.8 Å². The van der Waals surface area contributed by atoms with Crippen LogP contribution < -0.4 is 0 Å². The zero-order valence-electron chi connectivity index (χ0n) is 8.84. The fourth-order valence-corrected chi connectivity index (χ4v) is 1.54. The van der Waals surface area contributed by atoms with Gasteiger partial charge in [0.1, 0.15) is 0 Å². The lowest BCUT2D eigenvalue weighted by Gasteiger charge is -2.49. The van der Waals surface area contributed by atoms with Gasteiger partial charge < -0.3 is 5.11 Å². The number of hydrogen-bond acceptors (Lipinski definition) is 3. The molecule has 0 atom stereocenters. The van der Waals surface area contributed by atoms with E-state index in [9.17, 15) is 18.3 Å². The summed E-state index contributed by atoms with van der Waals surface area (Å²) < 4.78 is 38.5. The maximum absolute atomic E-state index is 11.6. The van der Waals surface area contributed by atoms with Crippen molar-refractivity contribution in [3.8, 4) is 0 Å². The molecular formula is C9H16F3NO2. The third-order valence-corrected chi connectivity index (χ3v) is 2.74. The molecule has 0 saturated carbocycles. The van der Waals surface area contributed by atoms with Crippen molar-refractivity contribution in [3.05, 3.63) is 0 Å². The van der Waals surface area contributed by atoms with Crippen LogP contribution in [0.4, 0.5) is 13.2 Å². The van der Waals surface area contributed by atoms with Gasteiger partial charge in [0.05, 0.1) is 12.2 Å². The Hall–Kier alpha value is -0.330. The molecule has 3 nitrogen and oxygen atoms in total. The van der Waals surface area contributed by atoms with Gasteiger partial charge in [-0.2, -0.15) is 0 Å². The molecule has 0 aromatic carbocycles. The number of hydrogen-bond donors (Lipinski definition) is 1. The zero-order valence-corrected chi connectivity index (χ0v) is 8.84. The molecule has 6 heteroatoms. The van der Waals surface area contributed by atoms with Crippen molar-refractivity contribution in [2.24, 2.45) is 5.92 Å². The number of aliphatic hydroxyl groups is 1. The number of nitrogens with zero attached hydrogens (tertiary/aromatic N) is 1. The second-order valence-corrected chi connectivity index (χ2v) is 4.26. The summed E-state index contributed by atoms with van der Waals surface area (Å²) in [6.07, 6.45) is -4.56. The molecule has 0 aromatic rings. The number of likely N-dealkylation sites (tertiary alicyclic amines) is 1. The largest absolute Gasteiger partial charge is 0.522 e. The summed E-state index contributed by atoms with van der Waals surface area (Å²) in [6, 6.07) is 0. The van der Waals surface area contributed by atoms with Crippen molar-refractivity contribution >= 4 is 0 Å². The van der Waals surface area contributed by atoms with Gasteiger partial charge in [0.2, 0.25) is 0 Å². The van der Waals surface area contributed by atoms with Gasteiger partial charge in [-0.15, -0.1) is 13.2 Å². The van der Waals surface area contributed by atoms with Gasteiger partial charge in [0, 0.05) is 19.6 Å². The SMILES string of the molecule is CC(C)C1(O)CN(CCOC(F)(F)F)C1. The molecule has 1 N–H and O–H groups in total. The summed E-state index contributed by atoms with van der Waals surface area (Å²) >= 11 is 0. The molecule has 1 saturated heterocycles. The van der Waals surface area contributed by atoms with Gasteiger partial charge in [0.15, 0.2) is 0 Å². The topological polar surface area (TPSA) is 32.7 Å². The van der Waals surface area contributed by atoms with E-state index in [0.29, 0.717) is 13.1 Å². The third kappa shape index (κ3) is 3.62. The van der Waals surface area contributed by atoms with E-state index in [0.717, 1.165) is 0 Å². The number of alkyl halides is 3. The predicted molar refractivity (Wildman–Crippen MR) is 48.2 cm³/mol. The van der Waals surface area contributed by atoms with Crippen molar-refractivity contribution < 1.29 is 23.0 Å². The van der Waals surface area contributed by atoms with Gasteiger partial charge >= 0.3 is 6.36 Å². The van der Waals surface area contributed by atoms with E-state index in [1.54, 1.807) is 4.90 Å². The second kappa shape index (κ2) is 4.27. The van der Waals surface area contributed by atoms with Crippen LogP contribution in [0.25, 0.3) is 0 Å². The maximum Gasteiger partial charge on any atom is 0.522 e. The Balaban J connectivity index is 2.13. The van der Waals surface area contributed by atoms with Crippen LogP contribution in [0.1, 0.15) is 13.8 Å². The van der Waals surface area contributed by atoms with Crippen LogP contribution in [-0.4, -0.2) is 48.2 Å². The molecule has 1 fully saturated rings. The monoisotopic (exact) mass is 227 g/mol. The normalized spacial score (nSPS) is 21.8. The standard InChI is InChI=1S/C9H16F3NO2/c1-7(2)8(14)5-13(6-8)3-4-15-9(10,11)12/h7,14H,3-6H2,1-2H3. The average molecular weight is 227 g/mol. The van der Waals surface area contributed by atoms with E-state index in [1.165, 1.54) is 0 Å². The van der Waals surface area contributed by atoms with E-state index in [-0.39, 0.29) is 19.1 Å². The molecule has 0 aliphatic carbocycles. The quantitative estimate of drug-likeness (QED) is 0.784. The van der Waals surface area contributed by atoms with Gasteiger partial charge in [0.25, 0.3) is 0 Å². The highest BCUT2D eigenvalue weighted by atomic mass is 19.4. The van der Waals surface area contributed by atoms with E-state index in [1.807, 2.05) is 13.8 Å². The van der Waals surface area contributed by atoms with Crippen molar-refractivity contribution in [2.75, 3.05) is 26.2 Å². The van der Waals surface area contributed by atoms with Crippen LogP contribution >= 0.6 is 0 Å². The smallest absolute Gasteiger partial charge is 0.387 e. The Morgan fingerprint density at radius 1 is 1.40 bits per heavy atom. The minimum Gasteiger partial charge on any atom is -0.387 e. The van der Waals surface area contributed by atoms with Crippen molar-refractivity contribution in [3.63, 3.8) is 0 Å². The molecule has 0 bridgehead atoms. The Bertz CT molecular complexity index is 212. The van der Waals surface area contributed by atoms with Crippen LogP contribution in [0, 0.1) is 5.92 Å². The summed E-state index contributed by atoms with van der Waals surface area (Å²) in [4.78, 5) is 1.74. The Morgan fingerprint density at radius 3 is 2.33 bits per heavy atom. The van der Waals surface area contributed by atoms with Crippen molar-refractivity contribution in [1.29, 1.82) is 0 Å². The molecule has 0 radical (unpaired) electrons. The van der Waals surface area contributed by atoms with Crippen molar-refractivity contribution in [1.82, 2.24) is 4.90 Å². The van der Waals surface area contributed by atoms with E-state index < -0.39 is 12.0 Å². The molecule has 0 aromatic heterocycles. The van der Waals surface area contributed by atoms with Crippen LogP contribution in [0.3, 0.4) is 0 Å². The lowest BCUT2D eigenvalue weighted by molar-refractivity contribution is -0.326. The summed E-state index contributed by atoms with van der Waals surface area (Å²) in [5, 5.41) is 9.81. The van der Waals surface area contributed by atoms with E-state index >= 15 is 0 Å². The van der Waals surface area contributed by atoms with Gasteiger partial charge in [-0.25, -0.2) is 0 Å². The first-order valence-corrected chi connectivity index (χ1v) is 4.88. The number of β-amino-alcohol motifs (C(OH)–C–C–N with tert-alkyl or cyclic N) is 1. The summed E-state index contributed by atoms with van der Waals surface area (Å²) in [7, 11) is 0. The highest BCUT2D eigenvalue weighted by Crippen LogP contribution is 2.28. The molecular weight excluding hydrogens is 211 g/mol.